The summed E-state index contributed by atoms with van der Waals surface area (Å²) in [4.78, 5) is 71.0. The van der Waals surface area contributed by atoms with Crippen molar-refractivity contribution in [2.75, 3.05) is 27.9 Å². The molecule has 0 aromatic heterocycles. The molecule has 0 aromatic rings. The Balaban J connectivity index is 1.82. The summed E-state index contributed by atoms with van der Waals surface area (Å²) in [5.41, 5.74) is 1.63. The first-order valence-corrected chi connectivity index (χ1v) is 21.7. The predicted octanol–water partition coefficient (Wildman–Crippen LogP) is 5.04. The van der Waals surface area contributed by atoms with Crippen LogP contribution in [0.25, 0.3) is 0 Å². The van der Waals surface area contributed by atoms with Crippen molar-refractivity contribution in [2.24, 2.45) is 29.6 Å². The number of fused-ring (bicyclic) bond motifs is 3. The van der Waals surface area contributed by atoms with Crippen molar-refractivity contribution in [1.29, 1.82) is 0 Å². The lowest BCUT2D eigenvalue weighted by Crippen LogP contribution is -2.64. The number of aliphatic hydroxyl groups is 2. The number of amides is 1. The van der Waals surface area contributed by atoms with Crippen molar-refractivity contribution in [2.45, 2.75) is 174 Å². The second-order valence-corrected chi connectivity index (χ2v) is 17.7. The molecule has 2 saturated heterocycles. The third-order valence-corrected chi connectivity index (χ3v) is 13.2. The van der Waals surface area contributed by atoms with Crippen molar-refractivity contribution < 1.29 is 62.6 Å². The highest BCUT2D eigenvalue weighted by atomic mass is 16.7. The molecule has 3 aliphatic heterocycles. The fraction of sp³-hybridized carbons (Fsp3) is 0.800. The van der Waals surface area contributed by atoms with Gasteiger partial charge in [0, 0.05) is 59.0 Å². The summed E-state index contributed by atoms with van der Waals surface area (Å²) < 4.78 is 35.8. The number of hydrogen-bond acceptors (Lipinski definition) is 13. The normalized spacial score (nSPS) is 39.1. The molecule has 1 unspecified atom stereocenters. The lowest BCUT2D eigenvalue weighted by Gasteiger charge is -2.47. The highest BCUT2D eigenvalue weighted by Crippen LogP contribution is 2.39. The number of Topliss-reactive ketones (excluding diaryl/α,β-unsaturated/α-hetero) is 2. The van der Waals surface area contributed by atoms with Crippen molar-refractivity contribution in [1.82, 2.24) is 4.90 Å². The standard InChI is InChI=1S/C45H71NO13/c1-11-32-19-25(2)18-26(3)20-38(55-9)41-39(56-10)22-28(5)45(53,59-41)42(50)43(51)46-17-13-12-14-33(46)44(52)58-40(29(6)36(24-35(32)49)57-30(7)47)27(4)21-31-15-16-34(48)37(23-31)54-8/h19,21,26,28-29,31-34,36-41,48,53H,11-18,20,22-24H2,1-10H3/t26-,28+,29-,31?,32+,33-,34+,36-,37+,38-,39-,40+,41+,45+/m0/s1. The number of ether oxygens (including phenoxy) is 6. The molecular weight excluding hydrogens is 762 g/mol. The first-order chi connectivity index (χ1) is 27.9. The first-order valence-electron chi connectivity index (χ1n) is 21.7. The van der Waals surface area contributed by atoms with Crippen molar-refractivity contribution in [3.05, 3.63) is 23.3 Å². The van der Waals surface area contributed by atoms with Gasteiger partial charge < -0.3 is 43.5 Å². The fourth-order valence-electron chi connectivity index (χ4n) is 9.74. The highest BCUT2D eigenvalue weighted by molar-refractivity contribution is 6.39. The van der Waals surface area contributed by atoms with Gasteiger partial charge in [-0.25, -0.2) is 4.79 Å². The van der Waals surface area contributed by atoms with Crippen LogP contribution in [0, 0.1) is 29.6 Å². The number of methoxy groups -OCH3 is 3. The average Bonchev–Trinajstić information content (AvgIpc) is 3.20. The maximum absolute atomic E-state index is 14.5. The molecule has 59 heavy (non-hydrogen) atoms. The van der Waals surface area contributed by atoms with Crippen molar-refractivity contribution >= 4 is 29.4 Å². The van der Waals surface area contributed by atoms with Gasteiger partial charge in [0.1, 0.15) is 30.1 Å². The van der Waals surface area contributed by atoms with Gasteiger partial charge in [-0.3, -0.25) is 19.2 Å². The topological polar surface area (TPSA) is 184 Å². The largest absolute Gasteiger partial charge is 0.462 e. The van der Waals surface area contributed by atoms with Gasteiger partial charge in [0.25, 0.3) is 11.7 Å². The van der Waals surface area contributed by atoms with Gasteiger partial charge in [-0.05, 0) is 95.5 Å². The number of piperidine rings is 1. The van der Waals surface area contributed by atoms with E-state index in [-0.39, 0.29) is 49.5 Å². The van der Waals surface area contributed by atoms with Gasteiger partial charge in [-0.15, -0.1) is 0 Å². The summed E-state index contributed by atoms with van der Waals surface area (Å²) in [7, 11) is 4.61. The Morgan fingerprint density at radius 2 is 1.58 bits per heavy atom. The number of hydrogen-bond donors (Lipinski definition) is 2. The van der Waals surface area contributed by atoms with E-state index in [1.54, 1.807) is 21.0 Å². The Morgan fingerprint density at radius 1 is 0.915 bits per heavy atom. The number of ketones is 2. The van der Waals surface area contributed by atoms with Gasteiger partial charge >= 0.3 is 11.9 Å². The molecule has 4 rings (SSSR count). The van der Waals surface area contributed by atoms with Gasteiger partial charge in [0.05, 0.1) is 24.4 Å². The van der Waals surface area contributed by atoms with E-state index in [2.05, 4.69) is 0 Å². The van der Waals surface area contributed by atoms with E-state index < -0.39 is 89.8 Å². The van der Waals surface area contributed by atoms with Crippen LogP contribution in [0.1, 0.15) is 119 Å². The van der Waals surface area contributed by atoms with Crippen LogP contribution in [0.5, 0.6) is 0 Å². The third-order valence-electron chi connectivity index (χ3n) is 13.2. The Hall–Kier alpha value is -3.01. The van der Waals surface area contributed by atoms with E-state index in [0.29, 0.717) is 56.9 Å². The number of carbonyl (C=O) groups is 5. The lowest BCUT2D eigenvalue weighted by atomic mass is 9.81. The van der Waals surface area contributed by atoms with Crippen LogP contribution in [0.2, 0.25) is 0 Å². The van der Waals surface area contributed by atoms with Crippen LogP contribution in [-0.2, 0) is 52.4 Å². The smallest absolute Gasteiger partial charge is 0.329 e. The summed E-state index contributed by atoms with van der Waals surface area (Å²) in [6.45, 7) is 12.5. The molecule has 2 N–H and O–H groups in total. The number of carbonyl (C=O) groups excluding carboxylic acids is 5. The molecule has 334 valence electrons. The molecule has 3 heterocycles. The molecule has 0 spiro atoms. The van der Waals surface area contributed by atoms with Crippen LogP contribution in [-0.4, -0.2) is 127 Å². The first kappa shape index (κ1) is 48.7. The average molecular weight is 834 g/mol. The number of allylic oxidation sites excluding steroid dienone is 3. The molecule has 0 radical (unpaired) electrons. The van der Waals surface area contributed by atoms with Gasteiger partial charge in [-0.2, -0.15) is 0 Å². The zero-order valence-corrected chi connectivity index (χ0v) is 37.0. The minimum Gasteiger partial charge on any atom is -0.462 e. The van der Waals surface area contributed by atoms with E-state index in [9.17, 15) is 34.2 Å². The minimum absolute atomic E-state index is 0.0111. The maximum atomic E-state index is 14.5. The summed E-state index contributed by atoms with van der Waals surface area (Å²) in [6, 6.07) is -1.16. The molecule has 1 aliphatic carbocycles. The molecule has 0 aromatic carbocycles. The SMILES string of the molecule is CC[C@@H]1C=C(C)C[C@H](C)C[C@H](OC)[C@H]2O[C@@](O)(C(=O)C(=O)N3CCCC[C@H]3C(=O)O[C@H](C(C)=CC3CC[C@@H](O)[C@H](OC)C3)[C@@H](C)[C@@H](OC(C)=O)CC1=O)[C@H](C)C[C@@H]2OC. The quantitative estimate of drug-likeness (QED) is 0.198. The zero-order chi connectivity index (χ0) is 43.8. The van der Waals surface area contributed by atoms with Crippen LogP contribution in [0.4, 0.5) is 0 Å². The van der Waals surface area contributed by atoms with E-state index >= 15 is 0 Å². The number of esters is 2. The summed E-state index contributed by atoms with van der Waals surface area (Å²) in [5.74, 6) is -8.26. The Kier molecular flexibility index (Phi) is 17.9. The summed E-state index contributed by atoms with van der Waals surface area (Å²) in [6.07, 6.45) is 3.60. The summed E-state index contributed by atoms with van der Waals surface area (Å²) in [5, 5.41) is 22.6. The van der Waals surface area contributed by atoms with Gasteiger partial charge in [0.2, 0.25) is 5.79 Å². The summed E-state index contributed by atoms with van der Waals surface area (Å²) >= 11 is 0. The Labute approximate surface area is 350 Å². The molecule has 2 bridgehead atoms. The van der Waals surface area contributed by atoms with Crippen LogP contribution >= 0.6 is 0 Å². The second kappa shape index (κ2) is 21.7. The number of cyclic esters (lactones) is 1. The minimum atomic E-state index is -2.52. The van der Waals surface area contributed by atoms with Crippen LogP contribution in [0.15, 0.2) is 23.3 Å². The van der Waals surface area contributed by atoms with Gasteiger partial charge in [-0.1, -0.05) is 45.4 Å². The van der Waals surface area contributed by atoms with E-state index in [1.807, 2.05) is 39.8 Å². The number of rotatable bonds is 7. The monoisotopic (exact) mass is 833 g/mol. The molecule has 14 nitrogen and oxygen atoms in total. The highest BCUT2D eigenvalue weighted by Gasteiger charge is 2.56. The molecule has 1 saturated carbocycles. The molecular formula is C45H71NO13. The van der Waals surface area contributed by atoms with Crippen molar-refractivity contribution in [3.63, 3.8) is 0 Å². The zero-order valence-electron chi connectivity index (χ0n) is 37.0. The second-order valence-electron chi connectivity index (χ2n) is 17.7. The maximum Gasteiger partial charge on any atom is 0.329 e. The molecule has 4 aliphatic rings. The van der Waals surface area contributed by atoms with Crippen LogP contribution < -0.4 is 0 Å². The Morgan fingerprint density at radius 3 is 2.20 bits per heavy atom. The molecule has 14 heteroatoms. The van der Waals surface area contributed by atoms with Crippen LogP contribution in [0.3, 0.4) is 0 Å². The molecule has 14 atom stereocenters. The predicted molar refractivity (Wildman–Crippen MR) is 218 cm³/mol. The fourth-order valence-corrected chi connectivity index (χ4v) is 9.74. The number of nitrogens with zero attached hydrogens (tertiary/aromatic N) is 1. The molecule has 1 amide bonds. The van der Waals surface area contributed by atoms with E-state index in [0.717, 1.165) is 5.57 Å². The van der Waals surface area contributed by atoms with E-state index in [1.165, 1.54) is 26.0 Å². The molecule has 3 fully saturated rings. The van der Waals surface area contributed by atoms with Crippen molar-refractivity contribution in [3.8, 4) is 0 Å². The lowest BCUT2D eigenvalue weighted by molar-refractivity contribution is -0.302. The third kappa shape index (κ3) is 11.9. The van der Waals surface area contributed by atoms with E-state index in [4.69, 9.17) is 28.4 Å². The number of aliphatic hydroxyl groups excluding tert-OH is 1. The Bertz CT molecular complexity index is 1540. The van der Waals surface area contributed by atoms with Gasteiger partial charge in [0.15, 0.2) is 0 Å².